The van der Waals surface area contributed by atoms with Crippen LogP contribution in [0.2, 0.25) is 5.02 Å². The van der Waals surface area contributed by atoms with E-state index in [1.165, 1.54) is 24.3 Å². The molecule has 25 heavy (non-hydrogen) atoms. The molecule has 0 aliphatic heterocycles. The van der Waals surface area contributed by atoms with E-state index >= 15 is 0 Å². The SMILES string of the molecule is C=CC(F)(F)C(F)(F)C(=NC(C)c1ccccc1)c1ccc(Cl)cc1. The smallest absolute Gasteiger partial charge is 0.275 e. The first kappa shape index (κ1) is 19.2. The Morgan fingerprint density at radius 3 is 2.12 bits per heavy atom. The maximum Gasteiger partial charge on any atom is 0.355 e. The lowest BCUT2D eigenvalue weighted by molar-refractivity contribution is -0.132. The van der Waals surface area contributed by atoms with Crippen molar-refractivity contribution in [2.45, 2.75) is 24.8 Å². The molecule has 2 aromatic carbocycles. The van der Waals surface area contributed by atoms with Gasteiger partial charge in [0.15, 0.2) is 0 Å². The number of halogens is 5. The van der Waals surface area contributed by atoms with Crippen LogP contribution < -0.4 is 0 Å². The molecular formula is C19H16ClF4N. The Labute approximate surface area is 148 Å². The van der Waals surface area contributed by atoms with E-state index in [1.54, 1.807) is 37.3 Å². The van der Waals surface area contributed by atoms with Gasteiger partial charge in [0.2, 0.25) is 0 Å². The molecule has 1 nitrogen and oxygen atoms in total. The van der Waals surface area contributed by atoms with E-state index in [0.717, 1.165) is 0 Å². The van der Waals surface area contributed by atoms with Gasteiger partial charge in [0.05, 0.1) is 6.04 Å². The zero-order valence-corrected chi connectivity index (χ0v) is 14.2. The fourth-order valence-electron chi connectivity index (χ4n) is 2.23. The van der Waals surface area contributed by atoms with Crippen LogP contribution in [0.1, 0.15) is 24.1 Å². The minimum atomic E-state index is -4.52. The average molecular weight is 370 g/mol. The summed E-state index contributed by atoms with van der Waals surface area (Å²) in [6.45, 7) is 4.38. The molecular weight excluding hydrogens is 354 g/mol. The van der Waals surface area contributed by atoms with Crippen molar-refractivity contribution in [2.24, 2.45) is 4.99 Å². The van der Waals surface area contributed by atoms with Crippen molar-refractivity contribution < 1.29 is 17.6 Å². The molecule has 0 radical (unpaired) electrons. The van der Waals surface area contributed by atoms with Crippen molar-refractivity contribution in [1.82, 2.24) is 0 Å². The molecule has 0 bridgehead atoms. The topological polar surface area (TPSA) is 12.4 Å². The summed E-state index contributed by atoms with van der Waals surface area (Å²) >= 11 is 5.76. The average Bonchev–Trinajstić information content (AvgIpc) is 2.60. The van der Waals surface area contributed by atoms with Crippen LogP contribution in [0.4, 0.5) is 17.6 Å². The van der Waals surface area contributed by atoms with Gasteiger partial charge in [-0.15, -0.1) is 0 Å². The molecule has 0 aromatic heterocycles. The minimum Gasteiger partial charge on any atom is -0.275 e. The largest absolute Gasteiger partial charge is 0.355 e. The highest BCUT2D eigenvalue weighted by atomic mass is 35.5. The fraction of sp³-hybridized carbons (Fsp3) is 0.211. The number of alkyl halides is 4. The second kappa shape index (κ2) is 7.40. The number of rotatable bonds is 6. The molecule has 0 spiro atoms. The molecule has 0 saturated heterocycles. The normalized spacial score (nSPS) is 14.2. The van der Waals surface area contributed by atoms with Crippen molar-refractivity contribution in [3.8, 4) is 0 Å². The molecule has 1 atom stereocenters. The predicted octanol–water partition coefficient (Wildman–Crippen LogP) is 6.35. The van der Waals surface area contributed by atoms with Crippen LogP contribution in [0.25, 0.3) is 0 Å². The molecule has 2 aromatic rings. The van der Waals surface area contributed by atoms with E-state index in [4.69, 9.17) is 11.6 Å². The number of nitrogens with zero attached hydrogens (tertiary/aromatic N) is 1. The second-order valence-electron chi connectivity index (χ2n) is 5.47. The second-order valence-corrected chi connectivity index (χ2v) is 5.91. The van der Waals surface area contributed by atoms with Gasteiger partial charge in [-0.3, -0.25) is 4.99 Å². The molecule has 0 heterocycles. The number of hydrogen-bond acceptors (Lipinski definition) is 1. The van der Waals surface area contributed by atoms with Crippen LogP contribution >= 0.6 is 11.6 Å². The quantitative estimate of drug-likeness (QED) is 0.320. The Hall–Kier alpha value is -2.14. The third-order valence-electron chi connectivity index (χ3n) is 3.69. The van der Waals surface area contributed by atoms with Crippen molar-refractivity contribution in [3.63, 3.8) is 0 Å². The minimum absolute atomic E-state index is 0.0639. The first-order valence-corrected chi connectivity index (χ1v) is 7.85. The van der Waals surface area contributed by atoms with Gasteiger partial charge in [-0.05, 0) is 30.7 Å². The lowest BCUT2D eigenvalue weighted by Crippen LogP contribution is -2.46. The van der Waals surface area contributed by atoms with Gasteiger partial charge in [0.1, 0.15) is 5.71 Å². The molecule has 2 rings (SSSR count). The Kier molecular flexibility index (Phi) is 5.68. The summed E-state index contributed by atoms with van der Waals surface area (Å²) in [5.74, 6) is -8.96. The maximum absolute atomic E-state index is 14.5. The van der Waals surface area contributed by atoms with E-state index in [0.29, 0.717) is 10.6 Å². The van der Waals surface area contributed by atoms with E-state index in [1.807, 2.05) is 0 Å². The molecule has 1 unspecified atom stereocenters. The molecule has 0 saturated carbocycles. The van der Waals surface area contributed by atoms with Crippen LogP contribution in [-0.2, 0) is 0 Å². The summed E-state index contributed by atoms with van der Waals surface area (Å²) in [5.41, 5.74) is -0.504. The van der Waals surface area contributed by atoms with Crippen molar-refractivity contribution in [1.29, 1.82) is 0 Å². The number of benzene rings is 2. The monoisotopic (exact) mass is 369 g/mol. The standard InChI is InChI=1S/C19H16ClF4N/c1-3-18(21,22)19(23,24)17(15-9-11-16(20)12-10-15)25-13(2)14-7-5-4-6-8-14/h3-13H,1H2,2H3. The van der Waals surface area contributed by atoms with E-state index in [2.05, 4.69) is 11.6 Å². The van der Waals surface area contributed by atoms with E-state index in [9.17, 15) is 17.6 Å². The number of aliphatic imine (C=N–C) groups is 1. The molecule has 0 aliphatic rings. The molecule has 0 amide bonds. The van der Waals surface area contributed by atoms with Crippen LogP contribution in [0.5, 0.6) is 0 Å². The van der Waals surface area contributed by atoms with Gasteiger partial charge in [0, 0.05) is 10.6 Å². The first-order valence-electron chi connectivity index (χ1n) is 7.47. The zero-order chi connectivity index (χ0) is 18.7. The van der Waals surface area contributed by atoms with Crippen LogP contribution in [0.3, 0.4) is 0 Å². The summed E-state index contributed by atoms with van der Waals surface area (Å²) < 4.78 is 56.7. The van der Waals surface area contributed by atoms with Gasteiger partial charge in [-0.25, -0.2) is 0 Å². The maximum atomic E-state index is 14.5. The van der Waals surface area contributed by atoms with E-state index < -0.39 is 23.6 Å². The van der Waals surface area contributed by atoms with Gasteiger partial charge < -0.3 is 0 Å². The van der Waals surface area contributed by atoms with Crippen molar-refractivity contribution in [3.05, 3.63) is 83.4 Å². The molecule has 0 N–H and O–H groups in total. The highest BCUT2D eigenvalue weighted by Gasteiger charge is 2.58. The Morgan fingerprint density at radius 1 is 1.04 bits per heavy atom. The fourth-order valence-corrected chi connectivity index (χ4v) is 2.36. The lowest BCUT2D eigenvalue weighted by atomic mass is 9.98. The van der Waals surface area contributed by atoms with Gasteiger partial charge in [-0.2, -0.15) is 17.6 Å². The van der Waals surface area contributed by atoms with Gasteiger partial charge in [0.25, 0.3) is 0 Å². The number of hydrogen-bond donors (Lipinski definition) is 0. The van der Waals surface area contributed by atoms with Crippen molar-refractivity contribution in [2.75, 3.05) is 0 Å². The summed E-state index contributed by atoms with van der Waals surface area (Å²) in [4.78, 5) is 3.93. The zero-order valence-electron chi connectivity index (χ0n) is 13.4. The van der Waals surface area contributed by atoms with Crippen LogP contribution in [0.15, 0.2) is 72.2 Å². The van der Waals surface area contributed by atoms with E-state index in [-0.39, 0.29) is 11.6 Å². The Balaban J connectivity index is 2.58. The Bertz CT molecular complexity index is 755. The first-order chi connectivity index (χ1) is 11.7. The Morgan fingerprint density at radius 2 is 1.60 bits per heavy atom. The molecule has 6 heteroatoms. The summed E-state index contributed by atoms with van der Waals surface area (Å²) in [5, 5.41) is 0.304. The van der Waals surface area contributed by atoms with Crippen molar-refractivity contribution >= 4 is 17.3 Å². The predicted molar refractivity (Wildman–Crippen MR) is 92.9 cm³/mol. The third-order valence-corrected chi connectivity index (χ3v) is 3.95. The summed E-state index contributed by atoms with van der Waals surface area (Å²) in [6.07, 6.45) is -0.0639. The number of allylic oxidation sites excluding steroid dienone is 1. The molecule has 0 aliphatic carbocycles. The summed E-state index contributed by atoms with van der Waals surface area (Å²) in [7, 11) is 0. The lowest BCUT2D eigenvalue weighted by Gasteiger charge is -2.26. The molecule has 0 fully saturated rings. The van der Waals surface area contributed by atoms with Gasteiger partial charge in [-0.1, -0.05) is 60.6 Å². The van der Waals surface area contributed by atoms with Crippen LogP contribution in [0, 0.1) is 0 Å². The highest BCUT2D eigenvalue weighted by molar-refractivity contribution is 6.30. The highest BCUT2D eigenvalue weighted by Crippen LogP contribution is 2.39. The third kappa shape index (κ3) is 4.10. The summed E-state index contributed by atoms with van der Waals surface area (Å²) in [6, 6.07) is 13.0. The molecule has 132 valence electrons. The van der Waals surface area contributed by atoms with Crippen LogP contribution in [-0.4, -0.2) is 17.6 Å². The van der Waals surface area contributed by atoms with Gasteiger partial charge >= 0.3 is 11.8 Å².